The fourth-order valence-electron chi connectivity index (χ4n) is 2.33. The van der Waals surface area contributed by atoms with Crippen LogP contribution in [0.3, 0.4) is 0 Å². The normalized spacial score (nSPS) is 13.7. The van der Waals surface area contributed by atoms with E-state index in [1.807, 2.05) is 0 Å². The third-order valence-corrected chi connectivity index (χ3v) is 3.57. The van der Waals surface area contributed by atoms with Crippen LogP contribution in [-0.4, -0.2) is 23.1 Å². The van der Waals surface area contributed by atoms with Crippen LogP contribution in [0.2, 0.25) is 0 Å². The Morgan fingerprint density at radius 1 is 0.722 bits per heavy atom. The van der Waals surface area contributed by atoms with Gasteiger partial charge in [0.2, 0.25) is 0 Å². The summed E-state index contributed by atoms with van der Waals surface area (Å²) < 4.78 is 0. The Kier molecular flexibility index (Phi) is 22.0. The van der Waals surface area contributed by atoms with E-state index >= 15 is 0 Å². The van der Waals surface area contributed by atoms with E-state index in [0.717, 1.165) is 24.2 Å². The summed E-state index contributed by atoms with van der Waals surface area (Å²) in [7, 11) is 0. The SMILES string of the molecule is [Br-].[CH2-]CC[C@@H](C)CCC[C@H](C)CCCC(C)C.[Mg+2]. The predicted octanol–water partition coefficient (Wildman–Crippen LogP) is 2.49. The van der Waals surface area contributed by atoms with E-state index in [1.54, 1.807) is 0 Å². The first kappa shape index (κ1) is 24.3. The zero-order valence-corrected chi connectivity index (χ0v) is 16.2. The molecule has 0 radical (unpaired) electrons. The van der Waals surface area contributed by atoms with Crippen molar-refractivity contribution in [1.29, 1.82) is 0 Å². The first-order valence-electron chi connectivity index (χ1n) is 7.35. The fraction of sp³-hybridized carbons (Fsp3) is 0.938. The van der Waals surface area contributed by atoms with Gasteiger partial charge in [-0.25, -0.2) is 0 Å². The van der Waals surface area contributed by atoms with Gasteiger partial charge in [-0.1, -0.05) is 72.6 Å². The first-order valence-corrected chi connectivity index (χ1v) is 7.35. The molecule has 0 saturated carbocycles. The van der Waals surface area contributed by atoms with Gasteiger partial charge in [0.15, 0.2) is 0 Å². The zero-order chi connectivity index (χ0) is 12.4. The van der Waals surface area contributed by atoms with Gasteiger partial charge >= 0.3 is 23.1 Å². The molecule has 0 aromatic heterocycles. The standard InChI is InChI=1S/C16H33.BrH.Mg/c1-6-9-15(4)12-8-13-16(5)11-7-10-14(2)3;;/h14-16H,1,6-13H2,2-5H3;1H;/q-1;;+2/p-1/t15-,16-;;/m1../s1. The molecule has 0 aliphatic heterocycles. The van der Waals surface area contributed by atoms with Crippen molar-refractivity contribution in [3.8, 4) is 0 Å². The van der Waals surface area contributed by atoms with Gasteiger partial charge in [0.05, 0.1) is 0 Å². The maximum absolute atomic E-state index is 3.93. The molecule has 0 saturated heterocycles. The topological polar surface area (TPSA) is 0 Å². The molecule has 0 unspecified atom stereocenters. The molecule has 2 atom stereocenters. The van der Waals surface area contributed by atoms with Crippen molar-refractivity contribution < 1.29 is 17.0 Å². The van der Waals surface area contributed by atoms with Crippen LogP contribution in [0.15, 0.2) is 0 Å². The van der Waals surface area contributed by atoms with Crippen LogP contribution in [0.25, 0.3) is 0 Å². The third kappa shape index (κ3) is 17.2. The van der Waals surface area contributed by atoms with Crippen molar-refractivity contribution in [1.82, 2.24) is 0 Å². The van der Waals surface area contributed by atoms with Crippen molar-refractivity contribution in [3.63, 3.8) is 0 Å². The third-order valence-electron chi connectivity index (χ3n) is 3.57. The Balaban J connectivity index is -0.00000112. The maximum atomic E-state index is 3.93. The van der Waals surface area contributed by atoms with Gasteiger partial charge in [-0.05, 0) is 17.8 Å². The largest absolute Gasteiger partial charge is 2.00 e. The molecule has 0 spiro atoms. The summed E-state index contributed by atoms with van der Waals surface area (Å²) in [4.78, 5) is 0. The first-order chi connectivity index (χ1) is 7.56. The Labute approximate surface area is 143 Å². The van der Waals surface area contributed by atoms with Crippen LogP contribution in [0.5, 0.6) is 0 Å². The summed E-state index contributed by atoms with van der Waals surface area (Å²) in [5.41, 5.74) is 0. The van der Waals surface area contributed by atoms with Crippen LogP contribution in [0.1, 0.15) is 79.1 Å². The van der Waals surface area contributed by atoms with E-state index in [0.29, 0.717) is 0 Å². The van der Waals surface area contributed by atoms with Gasteiger partial charge in [-0.15, -0.1) is 0 Å². The zero-order valence-electron chi connectivity index (χ0n) is 13.2. The number of rotatable bonds is 10. The molecular weight excluding hydrogens is 296 g/mol. The monoisotopic (exact) mass is 328 g/mol. The van der Waals surface area contributed by atoms with E-state index in [4.69, 9.17) is 0 Å². The average Bonchev–Trinajstić information content (AvgIpc) is 2.17. The summed E-state index contributed by atoms with van der Waals surface area (Å²) in [6.07, 6.45) is 10.9. The molecule has 2 heteroatoms. The van der Waals surface area contributed by atoms with Gasteiger partial charge in [-0.3, -0.25) is 0 Å². The second-order valence-electron chi connectivity index (χ2n) is 6.11. The van der Waals surface area contributed by atoms with Crippen LogP contribution in [-0.2, 0) is 0 Å². The molecule has 0 N–H and O–H groups in total. The van der Waals surface area contributed by atoms with Crippen LogP contribution in [0, 0.1) is 24.7 Å². The summed E-state index contributed by atoms with van der Waals surface area (Å²) in [5, 5.41) is 0. The van der Waals surface area contributed by atoms with E-state index in [1.165, 1.54) is 44.9 Å². The van der Waals surface area contributed by atoms with Gasteiger partial charge < -0.3 is 23.9 Å². The van der Waals surface area contributed by atoms with Crippen molar-refractivity contribution in [2.75, 3.05) is 0 Å². The molecule has 0 bridgehead atoms. The van der Waals surface area contributed by atoms with E-state index < -0.39 is 0 Å². The molecule has 0 aliphatic rings. The molecule has 0 aromatic rings. The summed E-state index contributed by atoms with van der Waals surface area (Å²) in [6, 6.07) is 0. The molecule has 106 valence electrons. The Morgan fingerprint density at radius 3 is 1.50 bits per heavy atom. The van der Waals surface area contributed by atoms with Crippen LogP contribution >= 0.6 is 0 Å². The second kappa shape index (κ2) is 16.3. The molecule has 0 rings (SSSR count). The van der Waals surface area contributed by atoms with Gasteiger partial charge in [-0.2, -0.15) is 6.42 Å². The smallest absolute Gasteiger partial charge is 1.00 e. The Bertz CT molecular complexity index is 148. The fourth-order valence-corrected chi connectivity index (χ4v) is 2.33. The number of hydrogen-bond acceptors (Lipinski definition) is 0. The van der Waals surface area contributed by atoms with Gasteiger partial charge in [0.1, 0.15) is 0 Å². The Morgan fingerprint density at radius 2 is 1.11 bits per heavy atom. The molecular formula is C16H33BrMg. The minimum absolute atomic E-state index is 0. The number of hydrogen-bond donors (Lipinski definition) is 0. The second-order valence-corrected chi connectivity index (χ2v) is 6.11. The van der Waals surface area contributed by atoms with Crippen molar-refractivity contribution >= 4 is 23.1 Å². The molecule has 0 nitrogen and oxygen atoms in total. The molecule has 0 fully saturated rings. The molecule has 0 amide bonds. The maximum Gasteiger partial charge on any atom is 2.00 e. The minimum atomic E-state index is 0. The van der Waals surface area contributed by atoms with Crippen LogP contribution < -0.4 is 17.0 Å². The molecule has 0 aromatic carbocycles. The predicted molar refractivity (Wildman–Crippen MR) is 81.2 cm³/mol. The molecule has 0 heterocycles. The van der Waals surface area contributed by atoms with E-state index in [9.17, 15) is 0 Å². The Hall–Kier alpha value is 1.25. The number of halogens is 1. The average molecular weight is 330 g/mol. The summed E-state index contributed by atoms with van der Waals surface area (Å²) in [6.45, 7) is 13.4. The molecule has 0 aliphatic carbocycles. The van der Waals surface area contributed by atoms with Crippen molar-refractivity contribution in [3.05, 3.63) is 6.92 Å². The van der Waals surface area contributed by atoms with E-state index in [-0.39, 0.29) is 40.0 Å². The van der Waals surface area contributed by atoms with Gasteiger partial charge in [0, 0.05) is 0 Å². The van der Waals surface area contributed by atoms with Crippen LogP contribution in [0.4, 0.5) is 0 Å². The van der Waals surface area contributed by atoms with Gasteiger partial charge in [0.25, 0.3) is 0 Å². The summed E-state index contributed by atoms with van der Waals surface area (Å²) in [5.74, 6) is 2.70. The quantitative estimate of drug-likeness (QED) is 0.427. The van der Waals surface area contributed by atoms with E-state index in [2.05, 4.69) is 34.6 Å². The summed E-state index contributed by atoms with van der Waals surface area (Å²) >= 11 is 0. The van der Waals surface area contributed by atoms with Crippen molar-refractivity contribution in [2.45, 2.75) is 79.1 Å². The van der Waals surface area contributed by atoms with Crippen molar-refractivity contribution in [2.24, 2.45) is 17.8 Å². The minimum Gasteiger partial charge on any atom is -1.00 e. The molecule has 18 heavy (non-hydrogen) atoms.